The van der Waals surface area contributed by atoms with Gasteiger partial charge >= 0.3 is 0 Å². The Balaban J connectivity index is 1.46. The van der Waals surface area contributed by atoms with Gasteiger partial charge in [0.05, 0.1) is 24.0 Å². The molecule has 4 N–H and O–H groups in total. The number of aromatic amines is 1. The van der Waals surface area contributed by atoms with Crippen molar-refractivity contribution in [3.63, 3.8) is 0 Å². The summed E-state index contributed by atoms with van der Waals surface area (Å²) in [6.45, 7) is 2.35. The predicted molar refractivity (Wildman–Crippen MR) is 110 cm³/mol. The van der Waals surface area contributed by atoms with Gasteiger partial charge in [-0.1, -0.05) is 0 Å². The van der Waals surface area contributed by atoms with Gasteiger partial charge in [-0.2, -0.15) is 5.10 Å². The predicted octanol–water partition coefficient (Wildman–Crippen LogP) is 2.39. The molecule has 1 aliphatic rings. The lowest BCUT2D eigenvalue weighted by Crippen LogP contribution is -2.25. The smallest absolute Gasteiger partial charge is 0.258 e. The number of carbonyl (C=O) groups excluding carboxylic acids is 2. The number of hydrogen-bond donors (Lipinski definition) is 4. The largest absolute Gasteiger partial charge is 0.506 e. The van der Waals surface area contributed by atoms with Crippen molar-refractivity contribution in [1.82, 2.24) is 25.5 Å². The van der Waals surface area contributed by atoms with E-state index in [0.717, 1.165) is 19.0 Å². The van der Waals surface area contributed by atoms with Crippen LogP contribution in [0.3, 0.4) is 0 Å². The molecule has 11 heteroatoms. The molecule has 3 aromatic rings. The summed E-state index contributed by atoms with van der Waals surface area (Å²) >= 11 is 0. The van der Waals surface area contributed by atoms with Crippen LogP contribution in [0.2, 0.25) is 0 Å². The lowest BCUT2D eigenvalue weighted by molar-refractivity contribution is 0.0947. The highest BCUT2D eigenvalue weighted by atomic mass is 19.1. The van der Waals surface area contributed by atoms with Crippen molar-refractivity contribution in [3.05, 3.63) is 64.7 Å². The fourth-order valence-electron chi connectivity index (χ4n) is 3.41. The number of pyridine rings is 1. The second-order valence-corrected chi connectivity index (χ2v) is 7.27. The summed E-state index contributed by atoms with van der Waals surface area (Å²) < 4.78 is 19.4. The highest BCUT2D eigenvalue weighted by molar-refractivity contribution is 6.07. The van der Waals surface area contributed by atoms with Gasteiger partial charge in [-0.3, -0.25) is 19.7 Å². The third-order valence-corrected chi connectivity index (χ3v) is 5.13. The van der Waals surface area contributed by atoms with Gasteiger partial charge in [-0.05, 0) is 43.5 Å². The van der Waals surface area contributed by atoms with E-state index >= 15 is 0 Å². The number of phenolic OH excluding ortho intramolecular Hbond substituents is 1. The van der Waals surface area contributed by atoms with Crippen molar-refractivity contribution in [2.75, 3.05) is 11.9 Å². The van der Waals surface area contributed by atoms with Crippen LogP contribution in [0.5, 0.6) is 5.75 Å². The molecule has 0 radical (unpaired) electrons. The van der Waals surface area contributed by atoms with Crippen molar-refractivity contribution in [1.29, 1.82) is 0 Å². The average molecular weight is 440 g/mol. The second-order valence-electron chi connectivity index (χ2n) is 7.27. The van der Waals surface area contributed by atoms with Crippen LogP contribution in [-0.2, 0) is 11.3 Å². The first-order valence-electron chi connectivity index (χ1n) is 9.98. The van der Waals surface area contributed by atoms with E-state index in [1.54, 1.807) is 6.92 Å². The van der Waals surface area contributed by atoms with E-state index in [-0.39, 0.29) is 35.2 Å². The second kappa shape index (κ2) is 9.10. The van der Waals surface area contributed by atoms with E-state index in [1.807, 2.05) is 0 Å². The molecule has 1 aliphatic heterocycles. The fraction of sp³-hybridized carbons (Fsp3) is 0.286. The summed E-state index contributed by atoms with van der Waals surface area (Å²) in [4.78, 5) is 33.1. The molecule has 0 bridgehead atoms. The van der Waals surface area contributed by atoms with E-state index in [0.29, 0.717) is 23.8 Å². The van der Waals surface area contributed by atoms with Gasteiger partial charge in [0.15, 0.2) is 11.6 Å². The van der Waals surface area contributed by atoms with Crippen LogP contribution in [0.4, 0.5) is 10.1 Å². The molecule has 0 saturated carbocycles. The minimum absolute atomic E-state index is 0.0131. The molecule has 0 unspecified atom stereocenters. The van der Waals surface area contributed by atoms with Crippen molar-refractivity contribution in [2.24, 2.45) is 0 Å². The Labute approximate surface area is 182 Å². The maximum Gasteiger partial charge on any atom is 0.258 e. The first kappa shape index (κ1) is 21.4. The number of nitrogens with zero attached hydrogens (tertiary/aromatic N) is 3. The Morgan fingerprint density at radius 1 is 1.28 bits per heavy atom. The quantitative estimate of drug-likeness (QED) is 0.431. The Bertz CT molecular complexity index is 1160. The molecule has 166 valence electrons. The third kappa shape index (κ3) is 4.42. The summed E-state index contributed by atoms with van der Waals surface area (Å²) in [5.41, 5.74) is 0.329. The van der Waals surface area contributed by atoms with Gasteiger partial charge in [0.1, 0.15) is 17.7 Å². The zero-order valence-electron chi connectivity index (χ0n) is 17.2. The van der Waals surface area contributed by atoms with Gasteiger partial charge < -0.3 is 20.5 Å². The van der Waals surface area contributed by atoms with Crippen molar-refractivity contribution in [2.45, 2.75) is 32.4 Å². The number of ether oxygens (including phenoxy) is 1. The number of rotatable bonds is 6. The van der Waals surface area contributed by atoms with E-state index in [2.05, 4.69) is 30.8 Å². The lowest BCUT2D eigenvalue weighted by Gasteiger charge is -2.14. The molecule has 32 heavy (non-hydrogen) atoms. The molecule has 0 spiro atoms. The minimum atomic E-state index is -0.800. The normalized spacial score (nSPS) is 15.5. The van der Waals surface area contributed by atoms with E-state index < -0.39 is 17.6 Å². The number of anilines is 1. The van der Waals surface area contributed by atoms with Crippen molar-refractivity contribution >= 4 is 17.5 Å². The van der Waals surface area contributed by atoms with Crippen LogP contribution in [-0.4, -0.2) is 43.7 Å². The first-order valence-corrected chi connectivity index (χ1v) is 9.98. The first-order chi connectivity index (χ1) is 15.4. The topological polar surface area (TPSA) is 142 Å². The van der Waals surface area contributed by atoms with Gasteiger partial charge in [-0.25, -0.2) is 9.37 Å². The van der Waals surface area contributed by atoms with Crippen LogP contribution < -0.4 is 10.6 Å². The maximum atomic E-state index is 13.8. The summed E-state index contributed by atoms with van der Waals surface area (Å²) in [5.74, 6) is -1.24. The van der Waals surface area contributed by atoms with Gasteiger partial charge in [0, 0.05) is 18.4 Å². The molecule has 2 aromatic heterocycles. The number of phenols is 1. The molecular weight excluding hydrogens is 419 g/mol. The van der Waals surface area contributed by atoms with Crippen LogP contribution in [0, 0.1) is 12.7 Å². The Hall–Kier alpha value is -3.86. The maximum absolute atomic E-state index is 13.8. The Morgan fingerprint density at radius 3 is 2.88 bits per heavy atom. The summed E-state index contributed by atoms with van der Waals surface area (Å²) in [7, 11) is 0. The van der Waals surface area contributed by atoms with E-state index in [4.69, 9.17) is 4.74 Å². The fourth-order valence-corrected chi connectivity index (χ4v) is 3.41. The molecule has 0 aliphatic carbocycles. The van der Waals surface area contributed by atoms with Crippen LogP contribution in [0.15, 0.2) is 30.6 Å². The van der Waals surface area contributed by atoms with Crippen LogP contribution >= 0.6 is 0 Å². The number of amides is 2. The van der Waals surface area contributed by atoms with Crippen LogP contribution in [0.1, 0.15) is 56.9 Å². The van der Waals surface area contributed by atoms with Crippen LogP contribution in [0.25, 0.3) is 0 Å². The summed E-state index contributed by atoms with van der Waals surface area (Å²) in [6, 6.07) is 3.93. The molecule has 1 fully saturated rings. The molecule has 2 amide bonds. The molecule has 3 heterocycles. The van der Waals surface area contributed by atoms with E-state index in [1.165, 1.54) is 24.4 Å². The van der Waals surface area contributed by atoms with Gasteiger partial charge in [-0.15, -0.1) is 0 Å². The number of benzene rings is 1. The number of aromatic hydroxyl groups is 1. The molecule has 10 nitrogen and oxygen atoms in total. The Kier molecular flexibility index (Phi) is 6.08. The summed E-state index contributed by atoms with van der Waals surface area (Å²) in [5, 5.41) is 22.3. The molecule has 1 atom stereocenters. The Morgan fingerprint density at radius 2 is 2.12 bits per heavy atom. The van der Waals surface area contributed by atoms with Gasteiger partial charge in [0.25, 0.3) is 11.8 Å². The third-order valence-electron chi connectivity index (χ3n) is 5.13. The zero-order valence-corrected chi connectivity index (χ0v) is 17.2. The lowest BCUT2D eigenvalue weighted by atomic mass is 10.0. The highest BCUT2D eigenvalue weighted by Crippen LogP contribution is 2.30. The molecule has 1 saturated heterocycles. The number of H-pyrrole nitrogens is 1. The molecule has 1 aromatic carbocycles. The molecule has 4 rings (SSSR count). The zero-order chi connectivity index (χ0) is 22.7. The number of carbonyl (C=O) groups is 2. The number of nitrogens with one attached hydrogen (secondary N) is 3. The number of hydrogen-bond acceptors (Lipinski definition) is 7. The molecular formula is C21H21FN6O4. The number of halogens is 1. The van der Waals surface area contributed by atoms with Crippen molar-refractivity contribution < 1.29 is 23.8 Å². The summed E-state index contributed by atoms with van der Waals surface area (Å²) in [6.07, 6.45) is 3.87. The SMILES string of the molecule is Cc1c(C(=O)NCc2nc([C@H]3CCCO3)n[nH]2)ccc(O)c1NC(=O)c1ccncc1F. The highest BCUT2D eigenvalue weighted by Gasteiger charge is 2.23. The average Bonchev–Trinajstić information content (AvgIpc) is 3.47. The minimum Gasteiger partial charge on any atom is -0.506 e. The van der Waals surface area contributed by atoms with Gasteiger partial charge in [0.2, 0.25) is 0 Å². The number of aromatic nitrogens is 4. The monoisotopic (exact) mass is 440 g/mol. The van der Waals surface area contributed by atoms with E-state index in [9.17, 15) is 19.1 Å². The van der Waals surface area contributed by atoms with Crippen molar-refractivity contribution in [3.8, 4) is 5.75 Å². The standard InChI is InChI=1S/C21H21FN6O4/c1-11-12(20(30)24-10-17-25-19(28-27-17)16-3-2-8-32-16)4-5-15(29)18(11)26-21(31)13-6-7-23-9-14(13)22/h4-7,9,16,29H,2-3,8,10H2,1H3,(H,24,30)(H,26,31)(H,25,27,28)/t16-/m1/s1.